The highest BCUT2D eigenvalue weighted by atomic mass is 35.5. The molecule has 2 aromatic rings. The van der Waals surface area contributed by atoms with Crippen molar-refractivity contribution in [3.63, 3.8) is 0 Å². The number of pyridine rings is 1. The first-order valence-electron chi connectivity index (χ1n) is 4.39. The smallest absolute Gasteiger partial charge is 0.266 e. The molecule has 0 radical (unpaired) electrons. The van der Waals surface area contributed by atoms with E-state index in [4.69, 9.17) is 11.6 Å². The molecule has 0 atom stereocenters. The molecule has 0 saturated carbocycles. The van der Waals surface area contributed by atoms with E-state index in [1.54, 1.807) is 0 Å². The van der Waals surface area contributed by atoms with Crippen molar-refractivity contribution in [3.05, 3.63) is 40.0 Å². The van der Waals surface area contributed by atoms with Crippen LogP contribution in [-0.2, 0) is 10.0 Å². The minimum absolute atomic E-state index is 0.136. The Labute approximate surface area is 101 Å². The van der Waals surface area contributed by atoms with Gasteiger partial charge in [-0.3, -0.25) is 14.6 Å². The zero-order chi connectivity index (χ0) is 12.5. The Morgan fingerprint density at radius 1 is 1.35 bits per heavy atom. The average Bonchev–Trinajstić information content (AvgIpc) is 2.73. The summed E-state index contributed by atoms with van der Waals surface area (Å²) in [5.74, 6) is 0. The molecule has 0 bridgehead atoms. The normalized spacial score (nSPS) is 11.4. The molecule has 2 aromatic heterocycles. The molecule has 2 rings (SSSR count). The molecule has 0 amide bonds. The van der Waals surface area contributed by atoms with E-state index in [0.29, 0.717) is 0 Å². The lowest BCUT2D eigenvalue weighted by Crippen LogP contribution is -2.15. The van der Waals surface area contributed by atoms with Gasteiger partial charge in [-0.25, -0.2) is 8.42 Å². The number of nitrogens with one attached hydrogen (secondary N) is 3. The Bertz CT molecular complexity index is 677. The molecule has 3 N–H and O–H groups in total. The lowest BCUT2D eigenvalue weighted by Gasteiger charge is -2.05. The van der Waals surface area contributed by atoms with E-state index in [0.717, 1.165) is 12.3 Å². The Morgan fingerprint density at radius 2 is 2.12 bits per heavy atom. The number of anilines is 1. The second-order valence-corrected chi connectivity index (χ2v) is 5.19. The number of nitrogens with zero attached hydrogens (tertiary/aromatic N) is 1. The van der Waals surface area contributed by atoms with E-state index in [1.807, 2.05) is 0 Å². The summed E-state index contributed by atoms with van der Waals surface area (Å²) in [6.45, 7) is 0. The van der Waals surface area contributed by atoms with Crippen LogP contribution in [0.5, 0.6) is 0 Å². The summed E-state index contributed by atoms with van der Waals surface area (Å²) in [5, 5.41) is 5.86. The summed E-state index contributed by atoms with van der Waals surface area (Å²) in [6, 6.07) is 1.07. The van der Waals surface area contributed by atoms with E-state index in [-0.39, 0.29) is 15.6 Å². The number of aromatic amines is 2. The van der Waals surface area contributed by atoms with Crippen LogP contribution in [0.25, 0.3) is 0 Å². The van der Waals surface area contributed by atoms with Gasteiger partial charge in [0.1, 0.15) is 9.92 Å². The van der Waals surface area contributed by atoms with Crippen molar-refractivity contribution in [2.75, 3.05) is 4.72 Å². The maximum atomic E-state index is 11.8. The highest BCUT2D eigenvalue weighted by molar-refractivity contribution is 7.92. The summed E-state index contributed by atoms with van der Waals surface area (Å²) >= 11 is 5.55. The van der Waals surface area contributed by atoms with E-state index < -0.39 is 15.6 Å². The van der Waals surface area contributed by atoms with Crippen molar-refractivity contribution in [3.8, 4) is 0 Å². The molecule has 0 spiro atoms. The van der Waals surface area contributed by atoms with Crippen LogP contribution in [0.3, 0.4) is 0 Å². The van der Waals surface area contributed by atoms with Crippen molar-refractivity contribution in [1.29, 1.82) is 0 Å². The topological polar surface area (TPSA) is 108 Å². The fraction of sp³-hybridized carbons (Fsp3) is 0. The Morgan fingerprint density at radius 3 is 2.71 bits per heavy atom. The first-order chi connectivity index (χ1) is 7.99. The second kappa shape index (κ2) is 4.22. The largest absolute Gasteiger partial charge is 0.326 e. The molecule has 7 nitrogen and oxygen atoms in total. The van der Waals surface area contributed by atoms with Crippen LogP contribution in [0.1, 0.15) is 0 Å². The number of sulfonamides is 1. The minimum atomic E-state index is -3.79. The predicted octanol–water partition coefficient (Wildman–Crippen LogP) is 0.552. The van der Waals surface area contributed by atoms with Crippen molar-refractivity contribution in [1.82, 2.24) is 15.2 Å². The summed E-state index contributed by atoms with van der Waals surface area (Å²) in [4.78, 5) is 13.1. The lowest BCUT2D eigenvalue weighted by molar-refractivity contribution is 0.600. The van der Waals surface area contributed by atoms with Crippen LogP contribution >= 0.6 is 11.6 Å². The molecule has 17 heavy (non-hydrogen) atoms. The van der Waals surface area contributed by atoms with Gasteiger partial charge >= 0.3 is 0 Å². The minimum Gasteiger partial charge on any atom is -0.326 e. The van der Waals surface area contributed by atoms with Crippen LogP contribution in [0.15, 0.2) is 34.3 Å². The van der Waals surface area contributed by atoms with E-state index in [2.05, 4.69) is 19.9 Å². The van der Waals surface area contributed by atoms with Crippen LogP contribution < -0.4 is 10.3 Å². The third-order valence-electron chi connectivity index (χ3n) is 1.89. The Hall–Kier alpha value is -1.80. The van der Waals surface area contributed by atoms with Crippen molar-refractivity contribution in [2.45, 2.75) is 4.90 Å². The van der Waals surface area contributed by atoms with E-state index in [1.165, 1.54) is 12.4 Å². The molecule has 0 fully saturated rings. The van der Waals surface area contributed by atoms with E-state index >= 15 is 0 Å². The Kier molecular flexibility index (Phi) is 2.90. The monoisotopic (exact) mass is 274 g/mol. The molecule has 0 aliphatic carbocycles. The highest BCUT2D eigenvalue weighted by Gasteiger charge is 2.16. The zero-order valence-corrected chi connectivity index (χ0v) is 9.84. The number of halogens is 1. The first kappa shape index (κ1) is 11.7. The van der Waals surface area contributed by atoms with Crippen molar-refractivity contribution in [2.24, 2.45) is 0 Å². The second-order valence-electron chi connectivity index (χ2n) is 3.10. The highest BCUT2D eigenvalue weighted by Crippen LogP contribution is 2.15. The number of aromatic nitrogens is 3. The molecule has 0 saturated heterocycles. The number of hydrogen-bond acceptors (Lipinski definition) is 4. The SMILES string of the molecule is O=c1[nH]cc(S(=O)(=O)Nc2cn[nH]c2)cc1Cl. The Balaban J connectivity index is 2.38. The van der Waals surface area contributed by atoms with Crippen LogP contribution in [0.2, 0.25) is 5.02 Å². The molecule has 0 aliphatic rings. The van der Waals surface area contributed by atoms with Gasteiger partial charge in [-0.15, -0.1) is 0 Å². The maximum absolute atomic E-state index is 11.8. The van der Waals surface area contributed by atoms with Gasteiger partial charge < -0.3 is 4.98 Å². The third kappa shape index (κ3) is 2.48. The quantitative estimate of drug-likeness (QED) is 0.759. The average molecular weight is 275 g/mol. The van der Waals surface area contributed by atoms with Gasteiger partial charge in [0.25, 0.3) is 15.6 Å². The van der Waals surface area contributed by atoms with Crippen LogP contribution in [-0.4, -0.2) is 23.6 Å². The molecule has 2 heterocycles. The molecule has 0 unspecified atom stereocenters. The van der Waals surface area contributed by atoms with Crippen LogP contribution in [0.4, 0.5) is 5.69 Å². The third-order valence-corrected chi connectivity index (χ3v) is 3.53. The van der Waals surface area contributed by atoms with Gasteiger partial charge in [0.2, 0.25) is 0 Å². The van der Waals surface area contributed by atoms with Gasteiger partial charge in [0, 0.05) is 12.4 Å². The summed E-state index contributed by atoms with van der Waals surface area (Å²) in [7, 11) is -3.79. The fourth-order valence-electron chi connectivity index (χ4n) is 1.11. The van der Waals surface area contributed by atoms with E-state index in [9.17, 15) is 13.2 Å². The maximum Gasteiger partial charge on any atom is 0.266 e. The van der Waals surface area contributed by atoms with Crippen molar-refractivity contribution >= 4 is 27.3 Å². The zero-order valence-electron chi connectivity index (χ0n) is 8.27. The molecule has 0 aromatic carbocycles. The van der Waals surface area contributed by atoms with Gasteiger partial charge in [-0.05, 0) is 6.07 Å². The summed E-state index contributed by atoms with van der Waals surface area (Å²) in [6.07, 6.45) is 3.76. The lowest BCUT2D eigenvalue weighted by atomic mass is 10.5. The molecule has 90 valence electrons. The van der Waals surface area contributed by atoms with Gasteiger partial charge in [0.15, 0.2) is 0 Å². The predicted molar refractivity (Wildman–Crippen MR) is 61.5 cm³/mol. The van der Waals surface area contributed by atoms with Gasteiger partial charge in [0.05, 0.1) is 11.9 Å². The van der Waals surface area contributed by atoms with Crippen LogP contribution in [0, 0.1) is 0 Å². The summed E-state index contributed by atoms with van der Waals surface area (Å²) < 4.78 is 25.9. The number of H-pyrrole nitrogens is 2. The number of hydrogen-bond donors (Lipinski definition) is 3. The van der Waals surface area contributed by atoms with Crippen molar-refractivity contribution < 1.29 is 8.42 Å². The molecular formula is C8H7ClN4O3S. The standard InChI is InChI=1S/C8H7ClN4O3S/c9-7-1-6(4-10-8(7)14)17(15,16)13-5-2-11-12-3-5/h1-4,13H,(H,10,14)(H,11,12). The first-order valence-corrected chi connectivity index (χ1v) is 6.25. The van der Waals surface area contributed by atoms with Gasteiger partial charge in [-0.1, -0.05) is 11.6 Å². The summed E-state index contributed by atoms with van der Waals surface area (Å²) in [5.41, 5.74) is -0.263. The fourth-order valence-corrected chi connectivity index (χ4v) is 2.38. The van der Waals surface area contributed by atoms with Gasteiger partial charge in [-0.2, -0.15) is 5.10 Å². The molecule has 9 heteroatoms. The molecular weight excluding hydrogens is 268 g/mol. The number of rotatable bonds is 3. The molecule has 0 aliphatic heterocycles.